The predicted molar refractivity (Wildman–Crippen MR) is 279 cm³/mol. The fourth-order valence-electron chi connectivity index (χ4n) is 7.77. The predicted octanol–water partition coefficient (Wildman–Crippen LogP) is 18.4. The van der Waals surface area contributed by atoms with Crippen molar-refractivity contribution in [1.29, 1.82) is 0 Å². The first-order valence-corrected chi connectivity index (χ1v) is 27.8. The minimum absolute atomic E-state index is 0.0880. The van der Waals surface area contributed by atoms with Crippen LogP contribution in [0, 0.1) is 0 Å². The van der Waals surface area contributed by atoms with E-state index in [0.717, 1.165) is 103 Å². The molecule has 65 heavy (non-hydrogen) atoms. The third-order valence-corrected chi connectivity index (χ3v) is 12.0. The van der Waals surface area contributed by atoms with Crippen molar-refractivity contribution in [3.63, 3.8) is 0 Å². The van der Waals surface area contributed by atoms with Gasteiger partial charge in [-0.2, -0.15) is 0 Å². The van der Waals surface area contributed by atoms with Crippen LogP contribution in [0.1, 0.15) is 278 Å². The van der Waals surface area contributed by atoms with Crippen molar-refractivity contribution < 1.29 is 28.6 Å². The van der Waals surface area contributed by atoms with Crippen molar-refractivity contribution in [3.05, 3.63) is 60.8 Å². The lowest BCUT2D eigenvalue weighted by atomic mass is 10.1. The molecule has 0 spiro atoms. The summed E-state index contributed by atoms with van der Waals surface area (Å²) >= 11 is 0. The Morgan fingerprint density at radius 3 is 0.938 bits per heavy atom. The van der Waals surface area contributed by atoms with Crippen molar-refractivity contribution in [1.82, 2.24) is 0 Å². The maximum Gasteiger partial charge on any atom is 0.306 e. The number of carbonyl (C=O) groups is 3. The van der Waals surface area contributed by atoms with E-state index in [1.165, 1.54) is 135 Å². The van der Waals surface area contributed by atoms with Crippen LogP contribution in [0.3, 0.4) is 0 Å². The zero-order chi connectivity index (χ0) is 47.2. The first-order valence-electron chi connectivity index (χ1n) is 27.8. The number of unbranched alkanes of at least 4 members (excludes halogenated alkanes) is 31. The molecule has 0 radical (unpaired) electrons. The molecule has 6 heteroatoms. The van der Waals surface area contributed by atoms with Crippen LogP contribution in [0.25, 0.3) is 0 Å². The molecule has 0 aliphatic carbocycles. The number of carbonyl (C=O) groups excluding carboxylic acids is 3. The van der Waals surface area contributed by atoms with Gasteiger partial charge < -0.3 is 14.2 Å². The second-order valence-corrected chi connectivity index (χ2v) is 18.5. The summed E-state index contributed by atoms with van der Waals surface area (Å²) in [5.41, 5.74) is 0. The fraction of sp³-hybridized carbons (Fsp3) is 0.780. The molecule has 0 bridgehead atoms. The normalized spacial score (nSPS) is 12.5. The highest BCUT2D eigenvalue weighted by atomic mass is 16.6. The number of hydrogen-bond acceptors (Lipinski definition) is 6. The van der Waals surface area contributed by atoms with Gasteiger partial charge in [0.2, 0.25) is 0 Å². The lowest BCUT2D eigenvalue weighted by Gasteiger charge is -2.18. The van der Waals surface area contributed by atoms with Crippen LogP contribution in [-0.2, 0) is 28.6 Å². The number of ether oxygens (including phenoxy) is 3. The molecule has 0 heterocycles. The molecule has 0 aromatic carbocycles. The number of rotatable bonds is 50. The van der Waals surface area contributed by atoms with E-state index >= 15 is 0 Å². The van der Waals surface area contributed by atoms with E-state index in [1.807, 2.05) is 0 Å². The van der Waals surface area contributed by atoms with Gasteiger partial charge >= 0.3 is 17.9 Å². The average Bonchev–Trinajstić information content (AvgIpc) is 3.30. The van der Waals surface area contributed by atoms with Crippen LogP contribution in [0.4, 0.5) is 0 Å². The summed E-state index contributed by atoms with van der Waals surface area (Å²) in [5.74, 6) is -0.919. The first kappa shape index (κ1) is 62.1. The zero-order valence-corrected chi connectivity index (χ0v) is 43.0. The lowest BCUT2D eigenvalue weighted by Crippen LogP contribution is -2.30. The van der Waals surface area contributed by atoms with Crippen molar-refractivity contribution in [2.45, 2.75) is 284 Å². The molecular formula is C59H104O6. The molecule has 1 unspecified atom stereocenters. The van der Waals surface area contributed by atoms with E-state index in [2.05, 4.69) is 81.5 Å². The van der Waals surface area contributed by atoms with Crippen LogP contribution in [0.2, 0.25) is 0 Å². The second-order valence-electron chi connectivity index (χ2n) is 18.5. The summed E-state index contributed by atoms with van der Waals surface area (Å²) in [4.78, 5) is 38.0. The highest BCUT2D eigenvalue weighted by Crippen LogP contribution is 2.15. The van der Waals surface area contributed by atoms with Gasteiger partial charge in [-0.3, -0.25) is 14.4 Å². The van der Waals surface area contributed by atoms with Crippen molar-refractivity contribution in [2.75, 3.05) is 13.2 Å². The molecule has 0 fully saturated rings. The van der Waals surface area contributed by atoms with Gasteiger partial charge in [0.15, 0.2) is 6.10 Å². The Hall–Kier alpha value is -2.89. The summed E-state index contributed by atoms with van der Waals surface area (Å²) in [6.45, 7) is 6.56. The van der Waals surface area contributed by atoms with Gasteiger partial charge in [-0.1, -0.05) is 229 Å². The molecule has 0 rings (SSSR count). The van der Waals surface area contributed by atoms with E-state index < -0.39 is 6.10 Å². The summed E-state index contributed by atoms with van der Waals surface area (Å²) in [6, 6.07) is 0. The van der Waals surface area contributed by atoms with E-state index in [4.69, 9.17) is 14.2 Å². The number of allylic oxidation sites excluding steroid dienone is 10. The first-order chi connectivity index (χ1) is 32.0. The third kappa shape index (κ3) is 51.9. The molecule has 0 saturated carbocycles. The Morgan fingerprint density at radius 2 is 0.585 bits per heavy atom. The lowest BCUT2D eigenvalue weighted by molar-refractivity contribution is -0.167. The maximum atomic E-state index is 12.8. The van der Waals surface area contributed by atoms with Crippen LogP contribution < -0.4 is 0 Å². The van der Waals surface area contributed by atoms with E-state index in [1.54, 1.807) is 0 Å². The van der Waals surface area contributed by atoms with Gasteiger partial charge in [0.1, 0.15) is 13.2 Å². The minimum atomic E-state index is -0.790. The molecular weight excluding hydrogens is 805 g/mol. The van der Waals surface area contributed by atoms with Gasteiger partial charge in [0.25, 0.3) is 0 Å². The van der Waals surface area contributed by atoms with Crippen molar-refractivity contribution in [2.24, 2.45) is 0 Å². The zero-order valence-electron chi connectivity index (χ0n) is 43.0. The fourth-order valence-corrected chi connectivity index (χ4v) is 7.77. The molecule has 0 aromatic heterocycles. The van der Waals surface area contributed by atoms with Crippen LogP contribution in [-0.4, -0.2) is 37.2 Å². The topological polar surface area (TPSA) is 78.9 Å². The standard InChI is InChI=1S/C59H104O6/c1-4-7-10-13-16-19-22-24-26-28-30-32-33-35-37-40-43-46-49-52-58(61)64-55-56(54-63-57(60)51-48-45-42-39-21-18-15-12-9-6-3)65-59(62)53-50-47-44-41-38-36-34-31-29-27-25-23-20-17-14-11-8-5-2/h15,18,23,25,27-31,34,56H,4-14,16-17,19-22,24,26,32-33,35-55H2,1-3H3/b18-15-,25-23-,29-27-,30-28-,34-31-. The largest absolute Gasteiger partial charge is 0.462 e. The van der Waals surface area contributed by atoms with Crippen LogP contribution >= 0.6 is 0 Å². The van der Waals surface area contributed by atoms with Gasteiger partial charge in [-0.15, -0.1) is 0 Å². The molecule has 0 aliphatic heterocycles. The summed E-state index contributed by atoms with van der Waals surface area (Å²) in [6.07, 6.45) is 66.4. The second kappa shape index (κ2) is 53.7. The monoisotopic (exact) mass is 909 g/mol. The Morgan fingerprint density at radius 1 is 0.308 bits per heavy atom. The Labute approximate surface area is 402 Å². The van der Waals surface area contributed by atoms with E-state index in [0.29, 0.717) is 19.3 Å². The van der Waals surface area contributed by atoms with Crippen LogP contribution in [0.15, 0.2) is 60.8 Å². The Balaban J connectivity index is 4.36. The van der Waals surface area contributed by atoms with E-state index in [9.17, 15) is 14.4 Å². The maximum absolute atomic E-state index is 12.8. The summed E-state index contributed by atoms with van der Waals surface area (Å²) in [5, 5.41) is 0. The Bertz CT molecular complexity index is 1180. The smallest absolute Gasteiger partial charge is 0.306 e. The molecule has 0 aliphatic rings. The van der Waals surface area contributed by atoms with Gasteiger partial charge in [-0.05, 0) is 89.9 Å². The van der Waals surface area contributed by atoms with Crippen molar-refractivity contribution in [3.8, 4) is 0 Å². The number of hydrogen-bond donors (Lipinski definition) is 0. The third-order valence-electron chi connectivity index (χ3n) is 12.0. The SMILES string of the molecule is CCCC/C=C\CCCCCCC(=O)OCC(COC(=O)CCCCCCCCC/C=C\CCCCCCCCCC)OC(=O)CCCCCCC\C=C/C=C\C=C/CCCCCCC. The molecule has 1 atom stereocenters. The number of esters is 3. The molecule has 0 aromatic rings. The molecule has 6 nitrogen and oxygen atoms in total. The van der Waals surface area contributed by atoms with Gasteiger partial charge in [0.05, 0.1) is 0 Å². The van der Waals surface area contributed by atoms with Gasteiger partial charge in [0, 0.05) is 19.3 Å². The minimum Gasteiger partial charge on any atom is -0.462 e. The summed E-state index contributed by atoms with van der Waals surface area (Å²) < 4.78 is 16.8. The van der Waals surface area contributed by atoms with Crippen molar-refractivity contribution >= 4 is 17.9 Å². The molecule has 0 saturated heterocycles. The molecule has 0 N–H and O–H groups in total. The molecule has 0 amide bonds. The Kier molecular flexibility index (Phi) is 51.3. The quantitative estimate of drug-likeness (QED) is 0.0199. The average molecular weight is 909 g/mol. The highest BCUT2D eigenvalue weighted by Gasteiger charge is 2.19. The van der Waals surface area contributed by atoms with E-state index in [-0.39, 0.29) is 31.1 Å². The van der Waals surface area contributed by atoms with Crippen LogP contribution in [0.5, 0.6) is 0 Å². The van der Waals surface area contributed by atoms with Gasteiger partial charge in [-0.25, -0.2) is 0 Å². The highest BCUT2D eigenvalue weighted by molar-refractivity contribution is 5.71. The molecule has 376 valence electrons. The summed E-state index contributed by atoms with van der Waals surface area (Å²) in [7, 11) is 0.